The van der Waals surface area contributed by atoms with Crippen molar-refractivity contribution in [2.45, 2.75) is 32.4 Å². The zero-order valence-corrected chi connectivity index (χ0v) is 12.6. The molecule has 0 aliphatic heterocycles. The molecule has 0 fully saturated rings. The first-order valence-corrected chi connectivity index (χ1v) is 7.65. The van der Waals surface area contributed by atoms with Crippen LogP contribution < -0.4 is 5.32 Å². The number of nitrogens with one attached hydrogen (secondary N) is 2. The minimum absolute atomic E-state index is 0.334. The standard InChI is InChI=1S/C15H20N2O2S/c1-3-5-12(14-6-4-9-20-14)16-10-11-7-8-13(17-11)15(18)19-2/h4,6-9,12,16-17H,3,5,10H2,1-2H3. The highest BCUT2D eigenvalue weighted by Crippen LogP contribution is 2.23. The van der Waals surface area contributed by atoms with Crippen molar-refractivity contribution in [3.05, 3.63) is 45.9 Å². The van der Waals surface area contributed by atoms with Gasteiger partial charge in [-0.3, -0.25) is 0 Å². The summed E-state index contributed by atoms with van der Waals surface area (Å²) >= 11 is 1.77. The molecule has 0 saturated carbocycles. The van der Waals surface area contributed by atoms with Gasteiger partial charge in [0.1, 0.15) is 5.69 Å². The molecule has 2 heterocycles. The first kappa shape index (κ1) is 14.8. The van der Waals surface area contributed by atoms with Crippen LogP contribution in [0.5, 0.6) is 0 Å². The van der Waals surface area contributed by atoms with E-state index in [1.165, 1.54) is 12.0 Å². The summed E-state index contributed by atoms with van der Waals surface area (Å²) < 4.78 is 4.68. The van der Waals surface area contributed by atoms with Crippen molar-refractivity contribution in [2.75, 3.05) is 7.11 Å². The summed E-state index contributed by atoms with van der Waals surface area (Å²) in [5, 5.41) is 5.64. The Balaban J connectivity index is 1.95. The zero-order chi connectivity index (χ0) is 14.4. The molecule has 108 valence electrons. The lowest BCUT2D eigenvalue weighted by atomic mass is 10.1. The van der Waals surface area contributed by atoms with Gasteiger partial charge in [-0.05, 0) is 30.0 Å². The fraction of sp³-hybridized carbons (Fsp3) is 0.400. The number of aromatic nitrogens is 1. The molecule has 0 aliphatic carbocycles. The Labute approximate surface area is 123 Å². The highest BCUT2D eigenvalue weighted by atomic mass is 32.1. The van der Waals surface area contributed by atoms with E-state index in [-0.39, 0.29) is 5.97 Å². The van der Waals surface area contributed by atoms with E-state index in [0.717, 1.165) is 18.5 Å². The topological polar surface area (TPSA) is 54.1 Å². The molecule has 4 nitrogen and oxygen atoms in total. The van der Waals surface area contributed by atoms with E-state index in [1.807, 2.05) is 6.07 Å². The number of rotatable bonds is 7. The number of hydrogen-bond donors (Lipinski definition) is 2. The zero-order valence-electron chi connectivity index (χ0n) is 11.8. The fourth-order valence-corrected chi connectivity index (χ4v) is 2.97. The van der Waals surface area contributed by atoms with Gasteiger partial charge >= 0.3 is 5.97 Å². The third-order valence-corrected chi connectivity index (χ3v) is 4.14. The molecule has 0 radical (unpaired) electrons. The number of ether oxygens (including phenoxy) is 1. The van der Waals surface area contributed by atoms with Crippen LogP contribution in [0.4, 0.5) is 0 Å². The highest BCUT2D eigenvalue weighted by molar-refractivity contribution is 7.10. The number of hydrogen-bond acceptors (Lipinski definition) is 4. The van der Waals surface area contributed by atoms with Crippen molar-refractivity contribution >= 4 is 17.3 Å². The Morgan fingerprint density at radius 2 is 2.30 bits per heavy atom. The Hall–Kier alpha value is -1.59. The molecule has 2 aromatic rings. The molecular weight excluding hydrogens is 272 g/mol. The van der Waals surface area contributed by atoms with Gasteiger partial charge in [0.2, 0.25) is 0 Å². The second kappa shape index (κ2) is 7.26. The first-order valence-electron chi connectivity index (χ1n) is 6.77. The Morgan fingerprint density at radius 3 is 2.95 bits per heavy atom. The summed E-state index contributed by atoms with van der Waals surface area (Å²) in [6, 6.07) is 8.27. The van der Waals surface area contributed by atoms with Crippen molar-refractivity contribution < 1.29 is 9.53 Å². The van der Waals surface area contributed by atoms with E-state index < -0.39 is 0 Å². The number of thiophene rings is 1. The molecule has 0 aliphatic rings. The van der Waals surface area contributed by atoms with Crippen LogP contribution in [-0.2, 0) is 11.3 Å². The molecule has 2 aromatic heterocycles. The lowest BCUT2D eigenvalue weighted by Gasteiger charge is -2.16. The molecule has 0 spiro atoms. The van der Waals surface area contributed by atoms with E-state index in [2.05, 4.69) is 39.5 Å². The predicted octanol–water partition coefficient (Wildman–Crippen LogP) is 3.49. The molecule has 20 heavy (non-hydrogen) atoms. The van der Waals surface area contributed by atoms with Gasteiger partial charge in [0, 0.05) is 23.2 Å². The monoisotopic (exact) mass is 292 g/mol. The number of H-pyrrole nitrogens is 1. The van der Waals surface area contributed by atoms with Crippen molar-refractivity contribution in [3.8, 4) is 0 Å². The second-order valence-corrected chi connectivity index (χ2v) is 5.61. The third kappa shape index (κ3) is 3.71. The highest BCUT2D eigenvalue weighted by Gasteiger charge is 2.12. The summed E-state index contributed by atoms with van der Waals surface area (Å²) in [4.78, 5) is 15.8. The van der Waals surface area contributed by atoms with Gasteiger partial charge in [0.15, 0.2) is 0 Å². The molecular formula is C15H20N2O2S. The number of carbonyl (C=O) groups is 1. The van der Waals surface area contributed by atoms with Crippen molar-refractivity contribution in [2.24, 2.45) is 0 Å². The molecule has 0 aromatic carbocycles. The minimum atomic E-state index is -0.334. The van der Waals surface area contributed by atoms with Gasteiger partial charge in [-0.1, -0.05) is 19.4 Å². The Kier molecular flexibility index (Phi) is 5.38. The fourth-order valence-electron chi connectivity index (χ4n) is 2.13. The Morgan fingerprint density at radius 1 is 1.45 bits per heavy atom. The summed E-state index contributed by atoms with van der Waals surface area (Å²) in [6.07, 6.45) is 2.23. The van der Waals surface area contributed by atoms with Crippen LogP contribution in [0.3, 0.4) is 0 Å². The van der Waals surface area contributed by atoms with Gasteiger partial charge in [-0.2, -0.15) is 0 Å². The summed E-state index contributed by atoms with van der Waals surface area (Å²) in [5.74, 6) is -0.334. The lowest BCUT2D eigenvalue weighted by molar-refractivity contribution is 0.0594. The number of aromatic amines is 1. The lowest BCUT2D eigenvalue weighted by Crippen LogP contribution is -2.20. The van der Waals surface area contributed by atoms with Crippen LogP contribution in [0.1, 0.15) is 46.9 Å². The average Bonchev–Trinajstić information content (AvgIpc) is 3.13. The quantitative estimate of drug-likeness (QED) is 0.768. The molecule has 2 N–H and O–H groups in total. The molecule has 5 heteroatoms. The summed E-state index contributed by atoms with van der Waals surface area (Å²) in [6.45, 7) is 2.89. The Bertz CT molecular complexity index is 534. The molecule has 0 saturated heterocycles. The van der Waals surface area contributed by atoms with Crippen LogP contribution in [0, 0.1) is 0 Å². The largest absolute Gasteiger partial charge is 0.464 e. The van der Waals surface area contributed by atoms with E-state index in [9.17, 15) is 4.79 Å². The second-order valence-electron chi connectivity index (χ2n) is 4.63. The van der Waals surface area contributed by atoms with Crippen molar-refractivity contribution in [1.29, 1.82) is 0 Å². The number of carbonyl (C=O) groups excluding carboxylic acids is 1. The maximum absolute atomic E-state index is 11.4. The van der Waals surface area contributed by atoms with Crippen LogP contribution in [0.25, 0.3) is 0 Å². The van der Waals surface area contributed by atoms with Crippen molar-refractivity contribution in [1.82, 2.24) is 10.3 Å². The van der Waals surface area contributed by atoms with Crippen LogP contribution >= 0.6 is 11.3 Å². The van der Waals surface area contributed by atoms with Gasteiger partial charge in [-0.15, -0.1) is 11.3 Å². The molecule has 1 unspecified atom stereocenters. The number of esters is 1. The van der Waals surface area contributed by atoms with Crippen molar-refractivity contribution in [3.63, 3.8) is 0 Å². The van der Waals surface area contributed by atoms with E-state index >= 15 is 0 Å². The van der Waals surface area contributed by atoms with Crippen LogP contribution in [0.15, 0.2) is 29.6 Å². The molecule has 0 bridgehead atoms. The maximum atomic E-state index is 11.4. The maximum Gasteiger partial charge on any atom is 0.354 e. The molecule has 2 rings (SSSR count). The van der Waals surface area contributed by atoms with E-state index in [4.69, 9.17) is 0 Å². The predicted molar refractivity (Wildman–Crippen MR) is 80.9 cm³/mol. The summed E-state index contributed by atoms with van der Waals surface area (Å²) in [7, 11) is 1.38. The van der Waals surface area contributed by atoms with E-state index in [1.54, 1.807) is 17.4 Å². The average molecular weight is 292 g/mol. The van der Waals surface area contributed by atoms with Gasteiger partial charge < -0.3 is 15.0 Å². The normalized spacial score (nSPS) is 12.3. The van der Waals surface area contributed by atoms with Crippen LogP contribution in [-0.4, -0.2) is 18.1 Å². The van der Waals surface area contributed by atoms with Gasteiger partial charge in [-0.25, -0.2) is 4.79 Å². The van der Waals surface area contributed by atoms with Gasteiger partial charge in [0.05, 0.1) is 7.11 Å². The minimum Gasteiger partial charge on any atom is -0.464 e. The van der Waals surface area contributed by atoms with E-state index in [0.29, 0.717) is 18.3 Å². The summed E-state index contributed by atoms with van der Waals surface area (Å²) in [5.41, 5.74) is 1.48. The third-order valence-electron chi connectivity index (χ3n) is 3.15. The smallest absolute Gasteiger partial charge is 0.354 e. The number of methoxy groups -OCH3 is 1. The SMILES string of the molecule is CCCC(NCc1ccc(C(=O)OC)[nH]1)c1cccs1. The first-order chi connectivity index (χ1) is 9.74. The van der Waals surface area contributed by atoms with Crippen LogP contribution in [0.2, 0.25) is 0 Å². The van der Waals surface area contributed by atoms with Gasteiger partial charge in [0.25, 0.3) is 0 Å². The molecule has 0 amide bonds. The molecule has 1 atom stereocenters.